The molecule has 21 heavy (non-hydrogen) atoms. The Labute approximate surface area is 134 Å². The molecule has 2 aromatic rings. The third-order valence-electron chi connectivity index (χ3n) is 4.54. The molecule has 1 atom stereocenters. The van der Waals surface area contributed by atoms with Gasteiger partial charge < -0.3 is 0 Å². The van der Waals surface area contributed by atoms with Crippen LogP contribution >= 0.6 is 15.9 Å². The van der Waals surface area contributed by atoms with Gasteiger partial charge in [0.15, 0.2) is 0 Å². The largest absolute Gasteiger partial charge is 0.271 e. The molecule has 0 aliphatic rings. The molecule has 0 saturated heterocycles. The summed E-state index contributed by atoms with van der Waals surface area (Å²) in [6.45, 7) is 4.43. The van der Waals surface area contributed by atoms with Gasteiger partial charge in [-0.3, -0.25) is 16.0 Å². The van der Waals surface area contributed by atoms with Gasteiger partial charge in [-0.25, -0.2) is 0 Å². The number of halogens is 1. The molecule has 0 saturated carbocycles. The number of aromatic nitrogens is 2. The number of aryl methyl sites for hydroxylation is 1. The smallest absolute Gasteiger partial charge is 0.0736 e. The molecule has 1 heterocycles. The van der Waals surface area contributed by atoms with E-state index in [0.29, 0.717) is 0 Å². The Hall–Kier alpha value is -1.17. The van der Waals surface area contributed by atoms with Crippen LogP contribution in [0.1, 0.15) is 44.0 Å². The van der Waals surface area contributed by atoms with Crippen LogP contribution in [-0.2, 0) is 12.5 Å². The number of benzene rings is 1. The second kappa shape index (κ2) is 6.73. The maximum atomic E-state index is 5.96. The highest BCUT2D eigenvalue weighted by Crippen LogP contribution is 2.44. The minimum absolute atomic E-state index is 0.0169. The van der Waals surface area contributed by atoms with Crippen LogP contribution in [0.5, 0.6) is 0 Å². The standard InChI is InChI=1S/C16H23BrN4/c1-4-16(5-2,12-9-7-6-8-10-12)15(20-18)14-13(17)11-19-21(14)3/h6-11,15,20H,4-5,18H2,1-3H3. The van der Waals surface area contributed by atoms with Gasteiger partial charge in [0, 0.05) is 12.5 Å². The Kier molecular flexibility index (Phi) is 5.19. The van der Waals surface area contributed by atoms with E-state index in [9.17, 15) is 0 Å². The highest BCUT2D eigenvalue weighted by atomic mass is 79.9. The van der Waals surface area contributed by atoms with E-state index in [4.69, 9.17) is 5.84 Å². The Morgan fingerprint density at radius 1 is 1.29 bits per heavy atom. The van der Waals surface area contributed by atoms with Crippen molar-refractivity contribution in [3.63, 3.8) is 0 Å². The number of hydrogen-bond acceptors (Lipinski definition) is 3. The Bertz CT molecular complexity index is 556. The van der Waals surface area contributed by atoms with Crippen LogP contribution in [0.3, 0.4) is 0 Å². The summed E-state index contributed by atoms with van der Waals surface area (Å²) in [4.78, 5) is 0. The average Bonchev–Trinajstić information content (AvgIpc) is 2.85. The number of hydrazine groups is 1. The summed E-state index contributed by atoms with van der Waals surface area (Å²) in [7, 11) is 1.95. The van der Waals surface area contributed by atoms with Crippen molar-refractivity contribution in [1.29, 1.82) is 0 Å². The molecule has 2 rings (SSSR count). The quantitative estimate of drug-likeness (QED) is 0.619. The van der Waals surface area contributed by atoms with E-state index in [-0.39, 0.29) is 11.5 Å². The number of rotatable bonds is 6. The Balaban J connectivity index is 2.60. The van der Waals surface area contributed by atoms with Gasteiger partial charge in [0.05, 0.1) is 22.4 Å². The second-order valence-electron chi connectivity index (χ2n) is 5.33. The van der Waals surface area contributed by atoms with Gasteiger partial charge in [0.2, 0.25) is 0 Å². The molecule has 1 aromatic heterocycles. The number of nitrogens with one attached hydrogen (secondary N) is 1. The van der Waals surface area contributed by atoms with E-state index in [1.54, 1.807) is 0 Å². The molecule has 0 amide bonds. The van der Waals surface area contributed by atoms with Crippen LogP contribution in [0.4, 0.5) is 0 Å². The molecule has 114 valence electrons. The van der Waals surface area contributed by atoms with Crippen LogP contribution in [0.15, 0.2) is 41.0 Å². The molecule has 1 aromatic carbocycles. The average molecular weight is 351 g/mol. The first-order chi connectivity index (χ1) is 10.1. The van der Waals surface area contributed by atoms with Crippen LogP contribution in [0.2, 0.25) is 0 Å². The summed E-state index contributed by atoms with van der Waals surface area (Å²) in [6, 6.07) is 10.6. The molecule has 0 spiro atoms. The van der Waals surface area contributed by atoms with Crippen molar-refractivity contribution in [2.45, 2.75) is 38.1 Å². The van der Waals surface area contributed by atoms with Crippen molar-refractivity contribution >= 4 is 15.9 Å². The first kappa shape index (κ1) is 16.2. The van der Waals surface area contributed by atoms with E-state index in [2.05, 4.69) is 64.6 Å². The lowest BCUT2D eigenvalue weighted by Crippen LogP contribution is -2.45. The van der Waals surface area contributed by atoms with Gasteiger partial charge in [0.1, 0.15) is 0 Å². The van der Waals surface area contributed by atoms with Crippen molar-refractivity contribution in [1.82, 2.24) is 15.2 Å². The predicted molar refractivity (Wildman–Crippen MR) is 89.7 cm³/mol. The van der Waals surface area contributed by atoms with Gasteiger partial charge in [0.25, 0.3) is 0 Å². The molecule has 0 bridgehead atoms. The zero-order chi connectivity index (χ0) is 15.5. The highest BCUT2D eigenvalue weighted by Gasteiger charge is 2.40. The third-order valence-corrected chi connectivity index (χ3v) is 5.15. The van der Waals surface area contributed by atoms with Crippen molar-refractivity contribution in [2.24, 2.45) is 12.9 Å². The van der Waals surface area contributed by atoms with E-state index < -0.39 is 0 Å². The summed E-state index contributed by atoms with van der Waals surface area (Å²) < 4.78 is 2.87. The Morgan fingerprint density at radius 3 is 2.33 bits per heavy atom. The van der Waals surface area contributed by atoms with E-state index in [1.807, 2.05) is 24.0 Å². The van der Waals surface area contributed by atoms with Gasteiger partial charge >= 0.3 is 0 Å². The molecule has 1 unspecified atom stereocenters. The van der Waals surface area contributed by atoms with Crippen molar-refractivity contribution in [3.05, 3.63) is 52.3 Å². The zero-order valence-electron chi connectivity index (χ0n) is 12.8. The van der Waals surface area contributed by atoms with Crippen LogP contribution in [-0.4, -0.2) is 9.78 Å². The van der Waals surface area contributed by atoms with Gasteiger partial charge in [-0.1, -0.05) is 44.2 Å². The zero-order valence-corrected chi connectivity index (χ0v) is 14.4. The normalized spacial score (nSPS) is 13.4. The van der Waals surface area contributed by atoms with E-state index in [1.165, 1.54) is 5.56 Å². The topological polar surface area (TPSA) is 55.9 Å². The monoisotopic (exact) mass is 350 g/mol. The first-order valence-corrected chi connectivity index (χ1v) is 8.09. The summed E-state index contributed by atoms with van der Waals surface area (Å²) in [5.41, 5.74) is 5.33. The molecule has 0 radical (unpaired) electrons. The van der Waals surface area contributed by atoms with Crippen LogP contribution in [0.25, 0.3) is 0 Å². The predicted octanol–water partition coefficient (Wildman–Crippen LogP) is 3.45. The summed E-state index contributed by atoms with van der Waals surface area (Å²) in [5, 5.41) is 4.34. The van der Waals surface area contributed by atoms with Crippen molar-refractivity contribution < 1.29 is 0 Å². The maximum absolute atomic E-state index is 5.96. The van der Waals surface area contributed by atoms with E-state index >= 15 is 0 Å². The molecule has 4 nitrogen and oxygen atoms in total. The summed E-state index contributed by atoms with van der Waals surface area (Å²) in [6.07, 6.45) is 3.79. The first-order valence-electron chi connectivity index (χ1n) is 7.29. The van der Waals surface area contributed by atoms with Gasteiger partial charge in [-0.15, -0.1) is 0 Å². The minimum Gasteiger partial charge on any atom is -0.271 e. The summed E-state index contributed by atoms with van der Waals surface area (Å²) >= 11 is 3.60. The molecule has 0 aliphatic carbocycles. The second-order valence-corrected chi connectivity index (χ2v) is 6.18. The van der Waals surface area contributed by atoms with Gasteiger partial charge in [-0.05, 0) is 34.3 Å². The summed E-state index contributed by atoms with van der Waals surface area (Å²) in [5.74, 6) is 5.96. The lowest BCUT2D eigenvalue weighted by atomic mass is 9.69. The van der Waals surface area contributed by atoms with Crippen molar-refractivity contribution in [2.75, 3.05) is 0 Å². The third kappa shape index (κ3) is 2.78. The van der Waals surface area contributed by atoms with Crippen molar-refractivity contribution in [3.8, 4) is 0 Å². The molecule has 5 heteroatoms. The number of hydrogen-bond donors (Lipinski definition) is 2. The van der Waals surface area contributed by atoms with Gasteiger partial charge in [-0.2, -0.15) is 5.10 Å². The fourth-order valence-corrected chi connectivity index (χ4v) is 3.83. The molecular weight excluding hydrogens is 328 g/mol. The number of nitrogens with zero attached hydrogens (tertiary/aromatic N) is 2. The number of nitrogens with two attached hydrogens (primary N) is 1. The molecule has 0 fully saturated rings. The lowest BCUT2D eigenvalue weighted by molar-refractivity contribution is 0.265. The maximum Gasteiger partial charge on any atom is 0.0736 e. The van der Waals surface area contributed by atoms with Crippen LogP contribution < -0.4 is 11.3 Å². The van der Waals surface area contributed by atoms with E-state index in [0.717, 1.165) is 23.0 Å². The fraction of sp³-hybridized carbons (Fsp3) is 0.438. The van der Waals surface area contributed by atoms with Crippen LogP contribution in [0, 0.1) is 0 Å². The molecule has 3 N–H and O–H groups in total. The Morgan fingerprint density at radius 2 is 1.90 bits per heavy atom. The highest BCUT2D eigenvalue weighted by molar-refractivity contribution is 9.10. The fourth-order valence-electron chi connectivity index (χ4n) is 3.25. The SMILES string of the molecule is CCC(CC)(c1ccccc1)C(NN)c1c(Br)cnn1C. The molecule has 0 aliphatic heterocycles. The lowest BCUT2D eigenvalue weighted by Gasteiger charge is -2.40. The minimum atomic E-state index is -0.0771. The molecular formula is C16H23BrN4.